The predicted molar refractivity (Wildman–Crippen MR) is 77.9 cm³/mol. The first-order valence-corrected chi connectivity index (χ1v) is 6.52. The van der Waals surface area contributed by atoms with Gasteiger partial charge in [0.2, 0.25) is 0 Å². The molecule has 4 heteroatoms. The first kappa shape index (κ1) is 14.8. The lowest BCUT2D eigenvalue weighted by Crippen LogP contribution is -2.39. The maximum Gasteiger partial charge on any atom is 0.319 e. The van der Waals surface area contributed by atoms with Gasteiger partial charge in [-0.15, -0.1) is 0 Å². The molecule has 0 saturated heterocycles. The largest absolute Gasteiger partial charge is 0.480 e. The number of methoxy groups -OCH3 is 1. The van der Waals surface area contributed by atoms with Gasteiger partial charge in [0.25, 0.3) is 0 Å². The Morgan fingerprint density at radius 2 is 1.38 bits per heavy atom. The van der Waals surface area contributed by atoms with Crippen molar-refractivity contribution in [3.63, 3.8) is 0 Å². The van der Waals surface area contributed by atoms with E-state index in [-0.39, 0.29) is 6.42 Å². The molecule has 0 bridgehead atoms. The molecule has 0 aliphatic rings. The molecule has 0 unspecified atom stereocenters. The lowest BCUT2D eigenvalue weighted by molar-refractivity contribution is -0.150. The molecule has 4 nitrogen and oxygen atoms in total. The van der Waals surface area contributed by atoms with Crippen LogP contribution in [0.2, 0.25) is 0 Å². The summed E-state index contributed by atoms with van der Waals surface area (Å²) < 4.78 is 4.70. The number of carboxylic acids is 1. The zero-order chi connectivity index (χ0) is 15.3. The van der Waals surface area contributed by atoms with Crippen LogP contribution < -0.4 is 0 Å². The number of rotatable bonds is 5. The third-order valence-corrected chi connectivity index (χ3v) is 3.54. The molecule has 2 rings (SSSR count). The highest BCUT2D eigenvalue weighted by Crippen LogP contribution is 2.36. The summed E-state index contributed by atoms with van der Waals surface area (Å²) in [6.07, 6.45) is -0.257. The van der Waals surface area contributed by atoms with Crippen LogP contribution >= 0.6 is 0 Å². The summed E-state index contributed by atoms with van der Waals surface area (Å²) in [5.74, 6) is -1.64. The van der Waals surface area contributed by atoms with E-state index in [0.717, 1.165) is 0 Å². The van der Waals surface area contributed by atoms with Gasteiger partial charge in [-0.05, 0) is 11.1 Å². The summed E-state index contributed by atoms with van der Waals surface area (Å²) in [6, 6.07) is 17.5. The van der Waals surface area contributed by atoms with Crippen molar-refractivity contribution in [3.05, 3.63) is 71.8 Å². The molecule has 0 fully saturated rings. The number of aliphatic carboxylic acids is 1. The van der Waals surface area contributed by atoms with Crippen LogP contribution in [0.1, 0.15) is 17.5 Å². The van der Waals surface area contributed by atoms with E-state index in [1.54, 1.807) is 60.7 Å². The van der Waals surface area contributed by atoms with E-state index >= 15 is 0 Å². The van der Waals surface area contributed by atoms with Gasteiger partial charge in [-0.2, -0.15) is 0 Å². The highest BCUT2D eigenvalue weighted by atomic mass is 16.5. The van der Waals surface area contributed by atoms with Crippen molar-refractivity contribution in [3.8, 4) is 0 Å². The third-order valence-electron chi connectivity index (χ3n) is 3.54. The smallest absolute Gasteiger partial charge is 0.319 e. The second-order valence-corrected chi connectivity index (χ2v) is 4.70. The molecule has 2 aromatic rings. The number of carboxylic acid groups (broad SMARTS) is 1. The molecule has 0 radical (unpaired) electrons. The Bertz CT molecular complexity index is 580. The quantitative estimate of drug-likeness (QED) is 0.857. The third kappa shape index (κ3) is 2.79. The monoisotopic (exact) mass is 284 g/mol. The molecular weight excluding hydrogens is 268 g/mol. The van der Waals surface area contributed by atoms with E-state index in [9.17, 15) is 14.7 Å². The Hall–Kier alpha value is -2.62. The highest BCUT2D eigenvalue weighted by Gasteiger charge is 2.44. The van der Waals surface area contributed by atoms with Crippen LogP contribution in [0.3, 0.4) is 0 Å². The average Bonchev–Trinajstić information content (AvgIpc) is 2.53. The second kappa shape index (κ2) is 6.22. The molecule has 0 aromatic heterocycles. The molecule has 0 spiro atoms. The highest BCUT2D eigenvalue weighted by molar-refractivity contribution is 5.91. The van der Waals surface area contributed by atoms with Gasteiger partial charge < -0.3 is 9.84 Å². The lowest BCUT2D eigenvalue weighted by Gasteiger charge is -2.29. The number of hydrogen-bond acceptors (Lipinski definition) is 3. The van der Waals surface area contributed by atoms with Crippen molar-refractivity contribution < 1.29 is 19.4 Å². The van der Waals surface area contributed by atoms with Gasteiger partial charge in [-0.25, -0.2) is 0 Å². The van der Waals surface area contributed by atoms with Gasteiger partial charge in [0.1, 0.15) is 5.41 Å². The van der Waals surface area contributed by atoms with Gasteiger partial charge in [-0.3, -0.25) is 9.59 Å². The summed E-state index contributed by atoms with van der Waals surface area (Å²) in [4.78, 5) is 23.9. The van der Waals surface area contributed by atoms with Crippen molar-refractivity contribution >= 4 is 11.9 Å². The summed E-state index contributed by atoms with van der Waals surface area (Å²) in [5.41, 5.74) is -0.349. The van der Waals surface area contributed by atoms with Crippen LogP contribution in [-0.4, -0.2) is 24.2 Å². The molecule has 108 valence electrons. The van der Waals surface area contributed by atoms with Gasteiger partial charge in [0, 0.05) is 0 Å². The SMILES string of the molecule is COC(=O)CC(C(=O)O)(c1ccccc1)c1ccccc1. The molecule has 0 aliphatic heterocycles. The minimum Gasteiger partial charge on any atom is -0.480 e. The summed E-state index contributed by atoms with van der Waals surface area (Å²) >= 11 is 0. The number of carbonyl (C=O) groups excluding carboxylic acids is 1. The van der Waals surface area contributed by atoms with Crippen molar-refractivity contribution in [2.24, 2.45) is 0 Å². The number of ether oxygens (including phenoxy) is 1. The maximum absolute atomic E-state index is 12.1. The molecule has 0 amide bonds. The van der Waals surface area contributed by atoms with Crippen molar-refractivity contribution in [1.82, 2.24) is 0 Å². The summed E-state index contributed by atoms with van der Waals surface area (Å²) in [5, 5.41) is 9.87. The first-order valence-electron chi connectivity index (χ1n) is 6.52. The van der Waals surface area contributed by atoms with Crippen LogP contribution in [0.15, 0.2) is 60.7 Å². The minimum absolute atomic E-state index is 0.257. The van der Waals surface area contributed by atoms with Crippen molar-refractivity contribution in [2.45, 2.75) is 11.8 Å². The summed E-state index contributed by atoms with van der Waals surface area (Å²) in [6.45, 7) is 0. The van der Waals surface area contributed by atoms with E-state index in [4.69, 9.17) is 4.74 Å². The van der Waals surface area contributed by atoms with Crippen LogP contribution in [0.5, 0.6) is 0 Å². The molecule has 0 atom stereocenters. The fourth-order valence-corrected chi connectivity index (χ4v) is 2.43. The maximum atomic E-state index is 12.1. The first-order chi connectivity index (χ1) is 10.1. The Morgan fingerprint density at radius 1 is 0.952 bits per heavy atom. The number of esters is 1. The van der Waals surface area contributed by atoms with Gasteiger partial charge in [-0.1, -0.05) is 60.7 Å². The Balaban J connectivity index is 2.66. The van der Waals surface area contributed by atoms with E-state index in [1.807, 2.05) is 0 Å². The molecule has 21 heavy (non-hydrogen) atoms. The Kier molecular flexibility index (Phi) is 4.38. The molecule has 0 aliphatic carbocycles. The van der Waals surface area contributed by atoms with Crippen molar-refractivity contribution in [2.75, 3.05) is 7.11 Å². The minimum atomic E-state index is -1.45. The van der Waals surface area contributed by atoms with Gasteiger partial charge in [0.05, 0.1) is 13.5 Å². The van der Waals surface area contributed by atoms with Crippen LogP contribution in [-0.2, 0) is 19.7 Å². The van der Waals surface area contributed by atoms with Gasteiger partial charge in [0.15, 0.2) is 0 Å². The molecular formula is C17H16O4. The Labute approximate surface area is 123 Å². The average molecular weight is 284 g/mol. The van der Waals surface area contributed by atoms with Gasteiger partial charge >= 0.3 is 11.9 Å². The lowest BCUT2D eigenvalue weighted by atomic mass is 9.72. The van der Waals surface area contributed by atoms with E-state index < -0.39 is 17.4 Å². The number of carbonyl (C=O) groups is 2. The Morgan fingerprint density at radius 3 is 1.71 bits per heavy atom. The summed E-state index contributed by atoms with van der Waals surface area (Å²) in [7, 11) is 1.25. The molecule has 0 heterocycles. The fraction of sp³-hybridized carbons (Fsp3) is 0.176. The molecule has 1 N–H and O–H groups in total. The fourth-order valence-electron chi connectivity index (χ4n) is 2.43. The van der Waals surface area contributed by atoms with Crippen LogP contribution in [0.25, 0.3) is 0 Å². The normalized spacial score (nSPS) is 10.9. The second-order valence-electron chi connectivity index (χ2n) is 4.70. The van der Waals surface area contributed by atoms with Crippen LogP contribution in [0, 0.1) is 0 Å². The zero-order valence-corrected chi connectivity index (χ0v) is 11.7. The van der Waals surface area contributed by atoms with E-state index in [2.05, 4.69) is 0 Å². The molecule has 0 saturated carbocycles. The predicted octanol–water partition coefficient (Wildman–Crippen LogP) is 2.62. The van der Waals surface area contributed by atoms with E-state index in [1.165, 1.54) is 7.11 Å². The number of benzene rings is 2. The topological polar surface area (TPSA) is 63.6 Å². The zero-order valence-electron chi connectivity index (χ0n) is 11.7. The number of hydrogen-bond donors (Lipinski definition) is 1. The van der Waals surface area contributed by atoms with Crippen molar-refractivity contribution in [1.29, 1.82) is 0 Å². The molecule has 2 aromatic carbocycles. The van der Waals surface area contributed by atoms with Crippen LogP contribution in [0.4, 0.5) is 0 Å². The standard InChI is InChI=1S/C17H16O4/c1-21-15(18)12-17(16(19)20,13-8-4-2-5-9-13)14-10-6-3-7-11-14/h2-11H,12H2,1H3,(H,19,20). The van der Waals surface area contributed by atoms with E-state index in [0.29, 0.717) is 11.1 Å².